The normalized spacial score (nSPS) is 27.9. The van der Waals surface area contributed by atoms with Crippen LogP contribution in [0.3, 0.4) is 0 Å². The fourth-order valence-electron chi connectivity index (χ4n) is 2.55. The maximum absolute atomic E-state index is 11.3. The number of rotatable bonds is 0. The quantitative estimate of drug-likeness (QED) is 0.602. The lowest BCUT2D eigenvalue weighted by Crippen LogP contribution is -2.44. The van der Waals surface area contributed by atoms with E-state index >= 15 is 0 Å². The summed E-state index contributed by atoms with van der Waals surface area (Å²) in [5.74, 6) is 0. The Morgan fingerprint density at radius 1 is 1.60 bits per heavy atom. The van der Waals surface area contributed by atoms with Crippen molar-refractivity contribution in [2.24, 2.45) is 5.73 Å². The van der Waals surface area contributed by atoms with Gasteiger partial charge in [0.2, 0.25) is 0 Å². The third kappa shape index (κ3) is 1.15. The van der Waals surface area contributed by atoms with Crippen molar-refractivity contribution >= 4 is 6.03 Å². The smallest absolute Gasteiger partial charge is 0.320 e. The number of fused-ring (bicyclic) bond motifs is 3. The number of hydrogen-bond acceptors (Lipinski definition) is 2. The number of allylic oxidation sites excluding steroid dienone is 1. The van der Waals surface area contributed by atoms with E-state index in [1.54, 1.807) is 4.90 Å². The highest BCUT2D eigenvalue weighted by Gasteiger charge is 2.35. The van der Waals surface area contributed by atoms with Gasteiger partial charge in [0, 0.05) is 12.2 Å². The molecule has 78 valence electrons. The van der Waals surface area contributed by atoms with Gasteiger partial charge in [0.1, 0.15) is 0 Å². The van der Waals surface area contributed by atoms with E-state index in [0.717, 1.165) is 25.2 Å². The maximum atomic E-state index is 11.3. The molecule has 2 bridgehead atoms. The Morgan fingerprint density at radius 3 is 3.27 bits per heavy atom. The topological polar surface area (TPSA) is 58.4 Å². The highest BCUT2D eigenvalue weighted by Crippen LogP contribution is 2.35. The van der Waals surface area contributed by atoms with E-state index in [2.05, 4.69) is 17.5 Å². The second-order valence-corrected chi connectivity index (χ2v) is 4.06. The maximum Gasteiger partial charge on any atom is 0.320 e. The van der Waals surface area contributed by atoms with E-state index in [4.69, 9.17) is 5.73 Å². The SMILES string of the molecule is NC(=O)N1C2=CC3=C(CCNC3)C1C=C2. The largest absolute Gasteiger partial charge is 0.351 e. The number of nitrogens with two attached hydrogens (primary N) is 1. The molecule has 4 heteroatoms. The first kappa shape index (κ1) is 8.73. The first-order chi connectivity index (χ1) is 7.27. The Labute approximate surface area is 88.1 Å². The van der Waals surface area contributed by atoms with Crippen molar-refractivity contribution in [3.63, 3.8) is 0 Å². The standard InChI is InChI=1S/C11H13N3O/c12-11(15)14-8-1-2-10(14)9-3-4-13-6-7(9)5-8/h1-2,5,10,13H,3-4,6H2,(H2,12,15). The summed E-state index contributed by atoms with van der Waals surface area (Å²) in [5.41, 5.74) is 8.96. The van der Waals surface area contributed by atoms with E-state index in [-0.39, 0.29) is 12.1 Å². The molecule has 0 aromatic rings. The van der Waals surface area contributed by atoms with Crippen LogP contribution in [-0.4, -0.2) is 30.1 Å². The van der Waals surface area contributed by atoms with Gasteiger partial charge in [0.05, 0.1) is 6.04 Å². The molecule has 0 saturated carbocycles. The molecule has 0 aliphatic carbocycles. The molecule has 1 unspecified atom stereocenters. The summed E-state index contributed by atoms with van der Waals surface area (Å²) in [6, 6.07) is -0.277. The van der Waals surface area contributed by atoms with Crippen molar-refractivity contribution in [1.29, 1.82) is 0 Å². The monoisotopic (exact) mass is 203 g/mol. The van der Waals surface area contributed by atoms with E-state index in [0.29, 0.717) is 0 Å². The minimum absolute atomic E-state index is 0.0830. The first-order valence-corrected chi connectivity index (χ1v) is 5.18. The molecular formula is C11H13N3O. The van der Waals surface area contributed by atoms with Crippen LogP contribution < -0.4 is 11.1 Å². The number of carbonyl (C=O) groups is 1. The molecule has 0 radical (unpaired) electrons. The Balaban J connectivity index is 2.05. The highest BCUT2D eigenvalue weighted by atomic mass is 16.2. The lowest BCUT2D eigenvalue weighted by Gasteiger charge is -2.34. The number of nitrogens with zero attached hydrogens (tertiary/aromatic N) is 1. The zero-order valence-corrected chi connectivity index (χ0v) is 8.36. The Kier molecular flexibility index (Phi) is 1.73. The van der Waals surface area contributed by atoms with Crippen molar-refractivity contribution in [2.45, 2.75) is 12.5 Å². The lowest BCUT2D eigenvalue weighted by atomic mass is 9.92. The molecule has 3 aliphatic rings. The van der Waals surface area contributed by atoms with Crippen LogP contribution in [0.1, 0.15) is 6.42 Å². The van der Waals surface area contributed by atoms with Crippen LogP contribution in [0.2, 0.25) is 0 Å². The van der Waals surface area contributed by atoms with Gasteiger partial charge in [0.25, 0.3) is 0 Å². The van der Waals surface area contributed by atoms with Crippen LogP contribution in [-0.2, 0) is 0 Å². The predicted molar refractivity (Wildman–Crippen MR) is 56.9 cm³/mol. The van der Waals surface area contributed by atoms with Crippen molar-refractivity contribution in [3.8, 4) is 0 Å². The van der Waals surface area contributed by atoms with E-state index in [9.17, 15) is 4.79 Å². The number of urea groups is 1. The molecule has 0 fully saturated rings. The molecule has 0 saturated heterocycles. The molecule has 2 amide bonds. The Hall–Kier alpha value is -1.55. The average Bonchev–Trinajstić information content (AvgIpc) is 2.55. The van der Waals surface area contributed by atoms with Crippen LogP contribution in [0.4, 0.5) is 4.79 Å². The molecule has 3 rings (SSSR count). The third-order valence-corrected chi connectivity index (χ3v) is 3.22. The van der Waals surface area contributed by atoms with Crippen LogP contribution in [0.25, 0.3) is 0 Å². The van der Waals surface area contributed by atoms with Gasteiger partial charge in [-0.3, -0.25) is 4.90 Å². The molecule has 0 spiro atoms. The number of primary amides is 1. The molecule has 0 aromatic heterocycles. The van der Waals surface area contributed by atoms with Crippen LogP contribution >= 0.6 is 0 Å². The average molecular weight is 203 g/mol. The second-order valence-electron chi connectivity index (χ2n) is 4.06. The molecule has 3 aliphatic heterocycles. The van der Waals surface area contributed by atoms with Gasteiger partial charge in [-0.05, 0) is 36.3 Å². The fourth-order valence-corrected chi connectivity index (χ4v) is 2.55. The highest BCUT2D eigenvalue weighted by molar-refractivity contribution is 5.78. The third-order valence-electron chi connectivity index (χ3n) is 3.22. The molecule has 4 nitrogen and oxygen atoms in total. The number of nitrogens with one attached hydrogen (secondary N) is 1. The lowest BCUT2D eigenvalue weighted by molar-refractivity contribution is 0.218. The van der Waals surface area contributed by atoms with Gasteiger partial charge < -0.3 is 11.1 Å². The minimum atomic E-state index is -0.360. The molecule has 15 heavy (non-hydrogen) atoms. The fraction of sp³-hybridized carbons (Fsp3) is 0.364. The van der Waals surface area contributed by atoms with Crippen molar-refractivity contribution in [2.75, 3.05) is 13.1 Å². The van der Waals surface area contributed by atoms with Gasteiger partial charge in [-0.25, -0.2) is 4.79 Å². The summed E-state index contributed by atoms with van der Waals surface area (Å²) in [6.45, 7) is 1.89. The van der Waals surface area contributed by atoms with Gasteiger partial charge in [-0.1, -0.05) is 6.08 Å². The Morgan fingerprint density at radius 2 is 2.47 bits per heavy atom. The summed E-state index contributed by atoms with van der Waals surface area (Å²) in [5, 5.41) is 3.33. The van der Waals surface area contributed by atoms with E-state index < -0.39 is 0 Å². The van der Waals surface area contributed by atoms with Crippen LogP contribution in [0.15, 0.2) is 35.1 Å². The van der Waals surface area contributed by atoms with Crippen LogP contribution in [0, 0.1) is 0 Å². The van der Waals surface area contributed by atoms with Crippen LogP contribution in [0.5, 0.6) is 0 Å². The first-order valence-electron chi connectivity index (χ1n) is 5.18. The summed E-state index contributed by atoms with van der Waals surface area (Å²) < 4.78 is 0. The predicted octanol–water partition coefficient (Wildman–Crippen LogP) is 0.493. The number of amides is 2. The van der Waals surface area contributed by atoms with Crippen molar-refractivity contribution in [3.05, 3.63) is 35.1 Å². The molecule has 1 atom stereocenters. The van der Waals surface area contributed by atoms with Gasteiger partial charge in [-0.2, -0.15) is 0 Å². The summed E-state index contributed by atoms with van der Waals surface area (Å²) in [7, 11) is 0. The Bertz CT molecular complexity index is 420. The summed E-state index contributed by atoms with van der Waals surface area (Å²) in [6.07, 6.45) is 7.10. The van der Waals surface area contributed by atoms with Gasteiger partial charge >= 0.3 is 6.03 Å². The summed E-state index contributed by atoms with van der Waals surface area (Å²) >= 11 is 0. The summed E-state index contributed by atoms with van der Waals surface area (Å²) in [4.78, 5) is 13.0. The zero-order valence-electron chi connectivity index (χ0n) is 8.36. The van der Waals surface area contributed by atoms with Crippen molar-refractivity contribution in [1.82, 2.24) is 10.2 Å². The van der Waals surface area contributed by atoms with Crippen molar-refractivity contribution < 1.29 is 4.79 Å². The second kappa shape index (κ2) is 2.97. The minimum Gasteiger partial charge on any atom is -0.351 e. The number of hydrogen-bond donors (Lipinski definition) is 2. The zero-order chi connectivity index (χ0) is 10.4. The molecular weight excluding hydrogens is 190 g/mol. The molecule has 0 aromatic carbocycles. The van der Waals surface area contributed by atoms with Gasteiger partial charge in [0.15, 0.2) is 0 Å². The van der Waals surface area contributed by atoms with E-state index in [1.165, 1.54) is 11.1 Å². The van der Waals surface area contributed by atoms with Gasteiger partial charge in [-0.15, -0.1) is 0 Å². The van der Waals surface area contributed by atoms with E-state index in [1.807, 2.05) is 6.08 Å². The molecule has 3 N–H and O–H groups in total. The molecule has 3 heterocycles. The number of carbonyl (C=O) groups excluding carboxylic acids is 1.